The van der Waals surface area contributed by atoms with Crippen LogP contribution in [0.1, 0.15) is 12.5 Å². The molecule has 0 saturated carbocycles. The van der Waals surface area contributed by atoms with Crippen LogP contribution < -0.4 is 10.1 Å². The number of carbonyl (C=O) groups excluding carboxylic acids is 2. The fourth-order valence-corrected chi connectivity index (χ4v) is 3.56. The van der Waals surface area contributed by atoms with Gasteiger partial charge in [0.2, 0.25) is 0 Å². The quantitative estimate of drug-likeness (QED) is 0.847. The van der Waals surface area contributed by atoms with Gasteiger partial charge in [-0.15, -0.1) is 0 Å². The average Bonchev–Trinajstić information content (AvgIpc) is 2.70. The molecule has 1 atom stereocenters. The third kappa shape index (κ3) is 3.40. The van der Waals surface area contributed by atoms with Crippen molar-refractivity contribution in [1.29, 1.82) is 0 Å². The van der Waals surface area contributed by atoms with Crippen molar-refractivity contribution in [2.75, 3.05) is 31.5 Å². The van der Waals surface area contributed by atoms with Crippen molar-refractivity contribution in [3.05, 3.63) is 60.2 Å². The predicted molar refractivity (Wildman–Crippen MR) is 102 cm³/mol. The number of nitrogens with one attached hydrogen (secondary N) is 1. The van der Waals surface area contributed by atoms with Crippen molar-refractivity contribution in [3.8, 4) is 5.75 Å². The van der Waals surface area contributed by atoms with E-state index in [1.807, 2.05) is 30.3 Å². The molecule has 0 spiro atoms. The Balaban J connectivity index is 1.41. The second kappa shape index (κ2) is 7.04. The molecule has 2 aromatic rings. The van der Waals surface area contributed by atoms with E-state index in [0.29, 0.717) is 24.5 Å². The lowest BCUT2D eigenvalue weighted by atomic mass is 10.00. The van der Waals surface area contributed by atoms with Crippen molar-refractivity contribution in [2.45, 2.75) is 19.1 Å². The molecule has 0 bridgehead atoms. The van der Waals surface area contributed by atoms with Gasteiger partial charge in [-0.25, -0.2) is 0 Å². The van der Waals surface area contributed by atoms with Gasteiger partial charge in [-0.1, -0.05) is 42.5 Å². The number of hydrogen-bond acceptors (Lipinski definition) is 4. The zero-order chi connectivity index (χ0) is 18.9. The highest BCUT2D eigenvalue weighted by Gasteiger charge is 2.49. The Morgan fingerprint density at radius 3 is 2.44 bits per heavy atom. The molecule has 0 unspecified atom stereocenters. The lowest BCUT2D eigenvalue weighted by Crippen LogP contribution is -2.62. The fraction of sp³-hybridized carbons (Fsp3) is 0.333. The van der Waals surface area contributed by atoms with Crippen LogP contribution in [-0.2, 0) is 16.1 Å². The zero-order valence-electron chi connectivity index (χ0n) is 15.4. The first-order valence-corrected chi connectivity index (χ1v) is 9.21. The molecule has 1 saturated heterocycles. The number of anilines is 1. The molecule has 27 heavy (non-hydrogen) atoms. The monoisotopic (exact) mass is 365 g/mol. The standard InChI is InChI=1S/C21H23N3O3/c1-21(19(25)22-17-9-5-6-10-18(17)27-21)20(26)24-13-11-23(12-14-24)15-16-7-3-2-4-8-16/h2-10H,11-15H2,1H3,(H,22,25)/t21-/m0/s1. The van der Waals surface area contributed by atoms with Crippen LogP contribution >= 0.6 is 0 Å². The predicted octanol–water partition coefficient (Wildman–Crippen LogP) is 2.12. The molecule has 6 nitrogen and oxygen atoms in total. The van der Waals surface area contributed by atoms with Crippen molar-refractivity contribution in [2.24, 2.45) is 0 Å². The van der Waals surface area contributed by atoms with Crippen molar-refractivity contribution in [1.82, 2.24) is 9.80 Å². The molecule has 1 N–H and O–H groups in total. The molecule has 0 aliphatic carbocycles. The van der Waals surface area contributed by atoms with Crippen LogP contribution in [0.15, 0.2) is 54.6 Å². The summed E-state index contributed by atoms with van der Waals surface area (Å²) in [4.78, 5) is 29.7. The van der Waals surface area contributed by atoms with Crippen LogP contribution in [0.25, 0.3) is 0 Å². The summed E-state index contributed by atoms with van der Waals surface area (Å²) in [5, 5.41) is 2.79. The number of para-hydroxylation sites is 2. The van der Waals surface area contributed by atoms with Gasteiger partial charge in [-0.05, 0) is 24.6 Å². The van der Waals surface area contributed by atoms with E-state index in [9.17, 15) is 9.59 Å². The number of amides is 2. The van der Waals surface area contributed by atoms with Gasteiger partial charge in [0, 0.05) is 32.7 Å². The SMILES string of the molecule is C[C@]1(C(=O)N2CCN(Cc3ccccc3)CC2)Oc2ccccc2NC1=O. The Labute approximate surface area is 158 Å². The van der Waals surface area contributed by atoms with Gasteiger partial charge < -0.3 is 15.0 Å². The molecule has 6 heteroatoms. The van der Waals surface area contributed by atoms with Crippen LogP contribution in [-0.4, -0.2) is 53.4 Å². The summed E-state index contributed by atoms with van der Waals surface area (Å²) in [6, 6.07) is 17.5. The fourth-order valence-electron chi connectivity index (χ4n) is 3.56. The van der Waals surface area contributed by atoms with Crippen LogP contribution in [0.3, 0.4) is 0 Å². The van der Waals surface area contributed by atoms with E-state index in [-0.39, 0.29) is 5.91 Å². The second-order valence-electron chi connectivity index (χ2n) is 7.14. The van der Waals surface area contributed by atoms with Crippen molar-refractivity contribution in [3.63, 3.8) is 0 Å². The molecular formula is C21H23N3O3. The number of ether oxygens (including phenoxy) is 1. The smallest absolute Gasteiger partial charge is 0.278 e. The molecule has 2 aliphatic rings. The Hall–Kier alpha value is -2.86. The Bertz CT molecular complexity index is 847. The number of hydrogen-bond donors (Lipinski definition) is 1. The number of piperazine rings is 1. The van der Waals surface area contributed by atoms with Gasteiger partial charge in [-0.2, -0.15) is 0 Å². The van der Waals surface area contributed by atoms with Gasteiger partial charge in [0.15, 0.2) is 0 Å². The lowest BCUT2D eigenvalue weighted by molar-refractivity contribution is -0.155. The summed E-state index contributed by atoms with van der Waals surface area (Å²) in [6.07, 6.45) is 0. The lowest BCUT2D eigenvalue weighted by Gasteiger charge is -2.40. The van der Waals surface area contributed by atoms with E-state index in [4.69, 9.17) is 4.74 Å². The van der Waals surface area contributed by atoms with E-state index in [0.717, 1.165) is 19.6 Å². The first kappa shape index (κ1) is 17.5. The average molecular weight is 365 g/mol. The molecule has 0 aromatic heterocycles. The van der Waals surface area contributed by atoms with Gasteiger partial charge in [0.1, 0.15) is 5.75 Å². The minimum atomic E-state index is -1.53. The van der Waals surface area contributed by atoms with E-state index in [1.165, 1.54) is 5.56 Å². The van der Waals surface area contributed by atoms with Crippen LogP contribution in [0, 0.1) is 0 Å². The number of rotatable bonds is 3. The molecule has 4 rings (SSSR count). The molecular weight excluding hydrogens is 342 g/mol. The summed E-state index contributed by atoms with van der Waals surface area (Å²) >= 11 is 0. The van der Waals surface area contributed by atoms with Gasteiger partial charge in [-0.3, -0.25) is 14.5 Å². The van der Waals surface area contributed by atoms with Crippen molar-refractivity contribution < 1.29 is 14.3 Å². The minimum absolute atomic E-state index is 0.283. The third-order valence-corrected chi connectivity index (χ3v) is 5.20. The summed E-state index contributed by atoms with van der Waals surface area (Å²) in [5.74, 6) is -0.178. The molecule has 1 fully saturated rings. The van der Waals surface area contributed by atoms with E-state index in [1.54, 1.807) is 24.0 Å². The molecule has 140 valence electrons. The number of fused-ring (bicyclic) bond motifs is 1. The van der Waals surface area contributed by atoms with E-state index >= 15 is 0 Å². The maximum Gasteiger partial charge on any atom is 0.278 e. The number of nitrogens with zero attached hydrogens (tertiary/aromatic N) is 2. The maximum absolute atomic E-state index is 13.1. The maximum atomic E-state index is 13.1. The summed E-state index contributed by atoms with van der Waals surface area (Å²) in [7, 11) is 0. The van der Waals surface area contributed by atoms with E-state index < -0.39 is 11.5 Å². The molecule has 0 radical (unpaired) electrons. The first-order valence-electron chi connectivity index (χ1n) is 9.21. The van der Waals surface area contributed by atoms with Crippen molar-refractivity contribution >= 4 is 17.5 Å². The highest BCUT2D eigenvalue weighted by molar-refractivity contribution is 6.15. The Morgan fingerprint density at radius 1 is 1.04 bits per heavy atom. The highest BCUT2D eigenvalue weighted by Crippen LogP contribution is 2.34. The van der Waals surface area contributed by atoms with Crippen LogP contribution in [0.4, 0.5) is 5.69 Å². The zero-order valence-corrected chi connectivity index (χ0v) is 15.4. The van der Waals surface area contributed by atoms with Crippen LogP contribution in [0.5, 0.6) is 5.75 Å². The van der Waals surface area contributed by atoms with Crippen LogP contribution in [0.2, 0.25) is 0 Å². The highest BCUT2D eigenvalue weighted by atomic mass is 16.5. The first-order chi connectivity index (χ1) is 13.1. The summed E-state index contributed by atoms with van der Waals surface area (Å²) < 4.78 is 5.85. The Kier molecular flexibility index (Phi) is 4.58. The largest absolute Gasteiger partial charge is 0.466 e. The summed E-state index contributed by atoms with van der Waals surface area (Å²) in [5.41, 5.74) is 0.326. The Morgan fingerprint density at radius 2 is 1.70 bits per heavy atom. The van der Waals surface area contributed by atoms with Gasteiger partial charge in [0.05, 0.1) is 5.69 Å². The molecule has 2 aliphatic heterocycles. The second-order valence-corrected chi connectivity index (χ2v) is 7.14. The van der Waals surface area contributed by atoms with E-state index in [2.05, 4.69) is 22.3 Å². The number of benzene rings is 2. The summed E-state index contributed by atoms with van der Waals surface area (Å²) in [6.45, 7) is 5.13. The molecule has 2 aromatic carbocycles. The normalized spacial score (nSPS) is 22.6. The topological polar surface area (TPSA) is 61.9 Å². The molecule has 2 heterocycles. The molecule has 2 amide bonds. The number of carbonyl (C=O) groups is 2. The van der Waals surface area contributed by atoms with Gasteiger partial charge >= 0.3 is 0 Å². The minimum Gasteiger partial charge on any atom is -0.466 e. The van der Waals surface area contributed by atoms with Gasteiger partial charge in [0.25, 0.3) is 17.4 Å². The third-order valence-electron chi connectivity index (χ3n) is 5.20.